The van der Waals surface area contributed by atoms with Crippen LogP contribution in [-0.4, -0.2) is 21.2 Å². The van der Waals surface area contributed by atoms with E-state index in [4.69, 9.17) is 9.72 Å². The molecule has 2 aromatic carbocycles. The minimum Gasteiger partial charge on any atom is -0.494 e. The number of hydrogen-bond donors (Lipinski definition) is 0. The van der Waals surface area contributed by atoms with Gasteiger partial charge in [-0.3, -0.25) is 0 Å². The number of rotatable bonds is 5. The van der Waals surface area contributed by atoms with Crippen LogP contribution in [0.1, 0.15) is 20.3 Å². The molecule has 4 rings (SSSR count). The minimum absolute atomic E-state index is 0.636. The zero-order chi connectivity index (χ0) is 17.2. The first-order valence-electron chi connectivity index (χ1n) is 8.68. The van der Waals surface area contributed by atoms with Crippen molar-refractivity contribution in [2.24, 2.45) is 5.92 Å². The largest absolute Gasteiger partial charge is 0.494 e. The molecule has 25 heavy (non-hydrogen) atoms. The maximum Gasteiger partial charge on any atom is 0.182 e. The molecule has 2 heterocycles. The number of fused-ring (bicyclic) bond motifs is 3. The fourth-order valence-electron chi connectivity index (χ4n) is 2.87. The Morgan fingerprint density at radius 2 is 1.92 bits per heavy atom. The lowest BCUT2D eigenvalue weighted by Crippen LogP contribution is -2.01. The van der Waals surface area contributed by atoms with E-state index in [1.54, 1.807) is 0 Å². The molecule has 0 N–H and O–H groups in total. The summed E-state index contributed by atoms with van der Waals surface area (Å²) in [4.78, 5) is 4.76. The summed E-state index contributed by atoms with van der Waals surface area (Å²) >= 11 is 0. The molecule has 0 fully saturated rings. The highest BCUT2D eigenvalue weighted by Gasteiger charge is 2.10. The van der Waals surface area contributed by atoms with Crippen LogP contribution in [0, 0.1) is 5.92 Å². The van der Waals surface area contributed by atoms with E-state index in [0.717, 1.165) is 35.4 Å². The number of pyridine rings is 1. The van der Waals surface area contributed by atoms with Gasteiger partial charge in [0.05, 0.1) is 6.61 Å². The molecule has 0 bridgehead atoms. The highest BCUT2D eigenvalue weighted by Crippen LogP contribution is 2.24. The number of hydrogen-bond acceptors (Lipinski definition) is 3. The van der Waals surface area contributed by atoms with Gasteiger partial charge in [0.1, 0.15) is 5.75 Å². The van der Waals surface area contributed by atoms with E-state index in [0.29, 0.717) is 11.7 Å². The molecule has 0 spiro atoms. The molecule has 0 aliphatic carbocycles. The van der Waals surface area contributed by atoms with Gasteiger partial charge in [0.15, 0.2) is 11.5 Å². The van der Waals surface area contributed by atoms with E-state index in [2.05, 4.69) is 37.1 Å². The molecule has 126 valence electrons. The predicted octanol–water partition coefficient (Wildman–Crippen LogP) is 4.97. The third-order valence-corrected chi connectivity index (χ3v) is 4.28. The van der Waals surface area contributed by atoms with Crippen molar-refractivity contribution in [3.63, 3.8) is 0 Å². The van der Waals surface area contributed by atoms with Gasteiger partial charge in [-0.1, -0.05) is 50.2 Å². The van der Waals surface area contributed by atoms with E-state index < -0.39 is 0 Å². The van der Waals surface area contributed by atoms with Crippen LogP contribution in [0.15, 0.2) is 60.8 Å². The maximum absolute atomic E-state index is 5.86. The van der Waals surface area contributed by atoms with Crippen molar-refractivity contribution in [2.75, 3.05) is 6.61 Å². The second-order valence-electron chi connectivity index (χ2n) is 6.67. The van der Waals surface area contributed by atoms with Gasteiger partial charge in [0.25, 0.3) is 0 Å². The molecule has 2 aromatic heterocycles. The highest BCUT2D eigenvalue weighted by atomic mass is 16.5. The van der Waals surface area contributed by atoms with Gasteiger partial charge in [-0.15, -0.1) is 5.10 Å². The monoisotopic (exact) mass is 331 g/mol. The fourth-order valence-corrected chi connectivity index (χ4v) is 2.87. The topological polar surface area (TPSA) is 39.4 Å². The molecule has 0 radical (unpaired) electrons. The Hall–Kier alpha value is -2.88. The van der Waals surface area contributed by atoms with Gasteiger partial charge in [-0.05, 0) is 35.9 Å². The number of benzene rings is 2. The van der Waals surface area contributed by atoms with Crippen LogP contribution in [0.4, 0.5) is 0 Å². The molecular formula is C21H21N3O. The van der Waals surface area contributed by atoms with Gasteiger partial charge in [0.2, 0.25) is 0 Å². The summed E-state index contributed by atoms with van der Waals surface area (Å²) in [6, 6.07) is 18.3. The second kappa shape index (κ2) is 6.55. The van der Waals surface area contributed by atoms with Crippen molar-refractivity contribution >= 4 is 16.4 Å². The van der Waals surface area contributed by atoms with Gasteiger partial charge in [-0.2, -0.15) is 0 Å². The summed E-state index contributed by atoms with van der Waals surface area (Å²) in [7, 11) is 0. The van der Waals surface area contributed by atoms with E-state index in [-0.39, 0.29) is 0 Å². The van der Waals surface area contributed by atoms with Crippen molar-refractivity contribution in [2.45, 2.75) is 20.3 Å². The number of aromatic nitrogens is 3. The molecule has 0 amide bonds. The Bertz CT molecular complexity index is 1020. The first-order valence-corrected chi connectivity index (χ1v) is 8.68. The van der Waals surface area contributed by atoms with Crippen molar-refractivity contribution < 1.29 is 4.74 Å². The molecular weight excluding hydrogens is 310 g/mol. The van der Waals surface area contributed by atoms with Crippen molar-refractivity contribution in [3.8, 4) is 17.1 Å². The first-order chi connectivity index (χ1) is 12.2. The third-order valence-electron chi connectivity index (χ3n) is 4.28. The number of ether oxygens (including phenoxy) is 1. The molecule has 0 saturated heterocycles. The van der Waals surface area contributed by atoms with Gasteiger partial charge >= 0.3 is 0 Å². The highest BCUT2D eigenvalue weighted by molar-refractivity contribution is 5.94. The molecule has 0 unspecified atom stereocenters. The Labute approximate surface area is 147 Å². The van der Waals surface area contributed by atoms with Crippen LogP contribution in [0.3, 0.4) is 0 Å². The normalized spacial score (nSPS) is 11.5. The quantitative estimate of drug-likeness (QED) is 0.518. The Morgan fingerprint density at radius 1 is 1.04 bits per heavy atom. The Balaban J connectivity index is 1.68. The average molecular weight is 331 g/mol. The summed E-state index contributed by atoms with van der Waals surface area (Å²) < 4.78 is 7.70. The van der Waals surface area contributed by atoms with Crippen molar-refractivity contribution in [3.05, 3.63) is 60.8 Å². The van der Waals surface area contributed by atoms with Gasteiger partial charge in [0, 0.05) is 17.1 Å². The van der Waals surface area contributed by atoms with Crippen molar-refractivity contribution in [1.82, 2.24) is 14.6 Å². The van der Waals surface area contributed by atoms with Crippen LogP contribution in [0.5, 0.6) is 5.75 Å². The molecule has 0 aliphatic heterocycles. The summed E-state index contributed by atoms with van der Waals surface area (Å²) in [5.41, 5.74) is 1.84. The SMILES string of the molecule is CC(C)CCOc1cccc(-c2nc3c4ccccc4ccn3n2)c1. The molecule has 0 saturated carbocycles. The lowest BCUT2D eigenvalue weighted by atomic mass is 10.1. The van der Waals surface area contributed by atoms with Crippen LogP contribution in [0.25, 0.3) is 27.8 Å². The minimum atomic E-state index is 0.636. The lowest BCUT2D eigenvalue weighted by Gasteiger charge is -2.08. The summed E-state index contributed by atoms with van der Waals surface area (Å²) in [5, 5.41) is 6.90. The second-order valence-corrected chi connectivity index (χ2v) is 6.67. The first kappa shape index (κ1) is 15.6. The summed E-state index contributed by atoms with van der Waals surface area (Å²) in [5.74, 6) is 2.21. The number of nitrogens with zero attached hydrogens (tertiary/aromatic N) is 3. The standard InChI is InChI=1S/C21H21N3O/c1-15(2)11-13-25-18-8-5-7-17(14-18)20-22-21-19-9-4-3-6-16(19)10-12-24(21)23-20/h3-10,12,14-15H,11,13H2,1-2H3. The third kappa shape index (κ3) is 3.20. The smallest absolute Gasteiger partial charge is 0.182 e. The molecule has 4 heteroatoms. The van der Waals surface area contributed by atoms with Gasteiger partial charge < -0.3 is 4.74 Å². The van der Waals surface area contributed by atoms with E-state index in [1.165, 1.54) is 5.39 Å². The molecule has 4 aromatic rings. The van der Waals surface area contributed by atoms with Crippen LogP contribution >= 0.6 is 0 Å². The van der Waals surface area contributed by atoms with E-state index in [9.17, 15) is 0 Å². The average Bonchev–Trinajstić information content (AvgIpc) is 3.06. The summed E-state index contributed by atoms with van der Waals surface area (Å²) in [6.45, 7) is 5.12. The predicted molar refractivity (Wildman–Crippen MR) is 101 cm³/mol. The van der Waals surface area contributed by atoms with Crippen LogP contribution in [-0.2, 0) is 0 Å². The van der Waals surface area contributed by atoms with E-state index >= 15 is 0 Å². The Kier molecular flexibility index (Phi) is 4.10. The van der Waals surface area contributed by atoms with Crippen molar-refractivity contribution in [1.29, 1.82) is 0 Å². The molecule has 0 aliphatic rings. The van der Waals surface area contributed by atoms with Gasteiger partial charge in [-0.25, -0.2) is 9.50 Å². The fraction of sp³-hybridized carbons (Fsp3) is 0.238. The zero-order valence-corrected chi connectivity index (χ0v) is 14.5. The lowest BCUT2D eigenvalue weighted by molar-refractivity contribution is 0.289. The zero-order valence-electron chi connectivity index (χ0n) is 14.5. The van der Waals surface area contributed by atoms with E-state index in [1.807, 2.05) is 47.1 Å². The molecule has 4 nitrogen and oxygen atoms in total. The van der Waals surface area contributed by atoms with Crippen LogP contribution < -0.4 is 4.74 Å². The molecule has 0 atom stereocenters. The summed E-state index contributed by atoms with van der Waals surface area (Å²) in [6.07, 6.45) is 3.00. The van der Waals surface area contributed by atoms with Crippen LogP contribution in [0.2, 0.25) is 0 Å². The Morgan fingerprint density at radius 3 is 2.80 bits per heavy atom. The maximum atomic E-state index is 5.86.